The molecule has 3 heterocycles. The smallest absolute Gasteiger partial charge is 0.274 e. The monoisotopic (exact) mass is 357 g/mol. The summed E-state index contributed by atoms with van der Waals surface area (Å²) < 4.78 is 1.38. The van der Waals surface area contributed by atoms with Crippen LogP contribution in [0.5, 0.6) is 0 Å². The minimum atomic E-state index is -0.137. The standard InChI is InChI=1S/C18H20ClN5O/c19-14-7-5-13(6-8-14)17-21-18-20-15(11-16(25)24(18)22-17)12-23-9-3-1-2-4-10-23/h5-8,11H,1-4,9-10,12H2,(H,20,21,22). The minimum Gasteiger partial charge on any atom is -0.298 e. The van der Waals surface area contributed by atoms with Gasteiger partial charge >= 0.3 is 0 Å². The lowest BCUT2D eigenvalue weighted by Gasteiger charge is -2.18. The first-order valence-electron chi connectivity index (χ1n) is 8.66. The van der Waals surface area contributed by atoms with Crippen LogP contribution >= 0.6 is 11.6 Å². The Morgan fingerprint density at radius 3 is 2.48 bits per heavy atom. The van der Waals surface area contributed by atoms with Gasteiger partial charge in [-0.3, -0.25) is 14.8 Å². The van der Waals surface area contributed by atoms with E-state index in [1.54, 1.807) is 18.2 Å². The fourth-order valence-corrected chi connectivity index (χ4v) is 3.39. The molecule has 0 atom stereocenters. The van der Waals surface area contributed by atoms with Crippen LogP contribution in [-0.2, 0) is 6.54 Å². The summed E-state index contributed by atoms with van der Waals surface area (Å²) in [4.78, 5) is 23.9. The largest absolute Gasteiger partial charge is 0.298 e. The molecule has 1 saturated heterocycles. The maximum atomic E-state index is 12.4. The van der Waals surface area contributed by atoms with Crippen LogP contribution in [0.15, 0.2) is 35.1 Å². The zero-order valence-electron chi connectivity index (χ0n) is 13.9. The number of likely N-dealkylation sites (tertiary alicyclic amines) is 1. The molecule has 1 N–H and O–H groups in total. The van der Waals surface area contributed by atoms with E-state index in [-0.39, 0.29) is 5.56 Å². The fraction of sp³-hybridized carbons (Fsp3) is 0.389. The Kier molecular flexibility index (Phi) is 4.55. The van der Waals surface area contributed by atoms with Crippen molar-refractivity contribution >= 4 is 17.4 Å². The molecule has 130 valence electrons. The molecule has 25 heavy (non-hydrogen) atoms. The Labute approximate surface area is 150 Å². The van der Waals surface area contributed by atoms with Crippen LogP contribution in [0.2, 0.25) is 5.02 Å². The molecule has 0 saturated carbocycles. The molecule has 0 unspecified atom stereocenters. The minimum absolute atomic E-state index is 0.137. The van der Waals surface area contributed by atoms with E-state index in [4.69, 9.17) is 11.6 Å². The summed E-state index contributed by atoms with van der Waals surface area (Å²) in [5.41, 5.74) is 1.51. The van der Waals surface area contributed by atoms with Crippen LogP contribution in [0.25, 0.3) is 17.2 Å². The molecule has 1 aliphatic rings. The zero-order chi connectivity index (χ0) is 17.2. The summed E-state index contributed by atoms with van der Waals surface area (Å²) in [7, 11) is 0. The van der Waals surface area contributed by atoms with Crippen molar-refractivity contribution in [1.29, 1.82) is 0 Å². The average Bonchev–Trinajstić information content (AvgIpc) is 2.86. The fourth-order valence-electron chi connectivity index (χ4n) is 3.27. The van der Waals surface area contributed by atoms with E-state index < -0.39 is 0 Å². The lowest BCUT2D eigenvalue weighted by atomic mass is 10.2. The van der Waals surface area contributed by atoms with Crippen molar-refractivity contribution in [2.45, 2.75) is 32.2 Å². The second-order valence-corrected chi connectivity index (χ2v) is 6.93. The maximum Gasteiger partial charge on any atom is 0.274 e. The van der Waals surface area contributed by atoms with Crippen LogP contribution in [0, 0.1) is 0 Å². The van der Waals surface area contributed by atoms with Crippen molar-refractivity contribution in [3.8, 4) is 11.4 Å². The van der Waals surface area contributed by atoms with Crippen LogP contribution < -0.4 is 5.56 Å². The number of aromatic amines is 1. The summed E-state index contributed by atoms with van der Waals surface area (Å²) in [5, 5.41) is 3.68. The number of rotatable bonds is 3. The van der Waals surface area contributed by atoms with Gasteiger partial charge in [0, 0.05) is 23.2 Å². The number of aromatic nitrogens is 4. The number of benzene rings is 1. The highest BCUT2D eigenvalue weighted by atomic mass is 35.5. The number of fused-ring (bicyclic) bond motifs is 1. The summed E-state index contributed by atoms with van der Waals surface area (Å²) in [6, 6.07) is 8.92. The quantitative estimate of drug-likeness (QED) is 0.782. The van der Waals surface area contributed by atoms with Gasteiger partial charge in [0.05, 0.1) is 5.69 Å². The summed E-state index contributed by atoms with van der Waals surface area (Å²) in [6.07, 6.45) is 5.00. The van der Waals surface area contributed by atoms with Crippen molar-refractivity contribution in [1.82, 2.24) is 24.5 Å². The molecule has 2 aromatic heterocycles. The molecule has 1 aromatic carbocycles. The highest BCUT2D eigenvalue weighted by Gasteiger charge is 2.13. The number of halogens is 1. The van der Waals surface area contributed by atoms with Gasteiger partial charge in [-0.2, -0.15) is 9.50 Å². The van der Waals surface area contributed by atoms with E-state index in [2.05, 4.69) is 20.0 Å². The lowest BCUT2D eigenvalue weighted by molar-refractivity contribution is 0.273. The first-order valence-corrected chi connectivity index (χ1v) is 9.04. The molecule has 0 aliphatic carbocycles. The van der Waals surface area contributed by atoms with Gasteiger partial charge in [0.1, 0.15) is 0 Å². The molecule has 0 bridgehead atoms. The summed E-state index contributed by atoms with van der Waals surface area (Å²) >= 11 is 5.93. The molecule has 0 spiro atoms. The third kappa shape index (κ3) is 3.60. The van der Waals surface area contributed by atoms with Gasteiger partial charge in [-0.1, -0.05) is 24.4 Å². The van der Waals surface area contributed by atoms with Gasteiger partial charge in [-0.15, -0.1) is 0 Å². The van der Waals surface area contributed by atoms with E-state index in [0.717, 1.165) is 24.3 Å². The highest BCUT2D eigenvalue weighted by Crippen LogP contribution is 2.18. The van der Waals surface area contributed by atoms with Gasteiger partial charge in [-0.25, -0.2) is 4.98 Å². The molecule has 0 radical (unpaired) electrons. The highest BCUT2D eigenvalue weighted by molar-refractivity contribution is 6.30. The topological polar surface area (TPSA) is 66.3 Å². The Hall–Kier alpha value is -2.18. The van der Waals surface area contributed by atoms with Gasteiger partial charge in [0.15, 0.2) is 5.82 Å². The molecule has 3 aromatic rings. The Morgan fingerprint density at radius 1 is 1.04 bits per heavy atom. The Balaban J connectivity index is 1.64. The predicted molar refractivity (Wildman–Crippen MR) is 97.8 cm³/mol. The van der Waals surface area contributed by atoms with Gasteiger partial charge < -0.3 is 0 Å². The molecule has 0 amide bonds. The van der Waals surface area contributed by atoms with Crippen LogP contribution in [-0.4, -0.2) is 37.6 Å². The van der Waals surface area contributed by atoms with E-state index >= 15 is 0 Å². The van der Waals surface area contributed by atoms with Crippen LogP contribution in [0.3, 0.4) is 0 Å². The van der Waals surface area contributed by atoms with Gasteiger partial charge in [0.2, 0.25) is 0 Å². The Bertz CT molecular complexity index is 923. The lowest BCUT2D eigenvalue weighted by Crippen LogP contribution is -2.26. The second kappa shape index (κ2) is 6.98. The second-order valence-electron chi connectivity index (χ2n) is 6.49. The number of H-pyrrole nitrogens is 1. The van der Waals surface area contributed by atoms with E-state index in [1.165, 1.54) is 30.2 Å². The van der Waals surface area contributed by atoms with E-state index in [9.17, 15) is 4.79 Å². The Morgan fingerprint density at radius 2 is 1.76 bits per heavy atom. The third-order valence-electron chi connectivity index (χ3n) is 4.59. The van der Waals surface area contributed by atoms with Crippen molar-refractivity contribution in [3.05, 3.63) is 51.4 Å². The molecule has 7 heteroatoms. The normalized spacial score (nSPS) is 16.2. The molecular weight excluding hydrogens is 338 g/mol. The molecule has 1 aliphatic heterocycles. The SMILES string of the molecule is O=c1cc(CN2CCCCCC2)nc2nc(-c3ccc(Cl)cc3)[nH]n12. The van der Waals surface area contributed by atoms with Crippen molar-refractivity contribution in [3.63, 3.8) is 0 Å². The van der Waals surface area contributed by atoms with Crippen LogP contribution in [0.4, 0.5) is 0 Å². The average molecular weight is 358 g/mol. The zero-order valence-corrected chi connectivity index (χ0v) is 14.7. The van der Waals surface area contributed by atoms with Gasteiger partial charge in [0.25, 0.3) is 11.3 Å². The molecule has 6 nitrogen and oxygen atoms in total. The van der Waals surface area contributed by atoms with Crippen molar-refractivity contribution in [2.75, 3.05) is 13.1 Å². The van der Waals surface area contributed by atoms with Crippen molar-refractivity contribution < 1.29 is 0 Å². The summed E-state index contributed by atoms with van der Waals surface area (Å²) in [6.45, 7) is 2.84. The summed E-state index contributed by atoms with van der Waals surface area (Å²) in [5.74, 6) is 1.01. The first kappa shape index (κ1) is 16.3. The van der Waals surface area contributed by atoms with E-state index in [0.29, 0.717) is 23.2 Å². The molecule has 4 rings (SSSR count). The van der Waals surface area contributed by atoms with Crippen molar-refractivity contribution in [2.24, 2.45) is 0 Å². The number of nitrogens with zero attached hydrogens (tertiary/aromatic N) is 4. The van der Waals surface area contributed by atoms with Crippen LogP contribution in [0.1, 0.15) is 31.4 Å². The van der Waals surface area contributed by atoms with E-state index in [1.807, 2.05) is 12.1 Å². The predicted octanol–water partition coefficient (Wildman–Crippen LogP) is 3.11. The first-order chi connectivity index (χ1) is 12.2. The molecular formula is C18H20ClN5O. The third-order valence-corrected chi connectivity index (χ3v) is 4.84. The van der Waals surface area contributed by atoms with Gasteiger partial charge in [-0.05, 0) is 50.2 Å². The number of nitrogens with one attached hydrogen (secondary N) is 1. The molecule has 1 fully saturated rings. The number of hydrogen-bond acceptors (Lipinski definition) is 4. The number of hydrogen-bond donors (Lipinski definition) is 1. The maximum absolute atomic E-state index is 12.4.